The molecule has 3 aromatic rings. The van der Waals surface area contributed by atoms with Gasteiger partial charge in [0.05, 0.1) is 19.8 Å². The van der Waals surface area contributed by atoms with Crippen LogP contribution in [0.25, 0.3) is 10.8 Å². The summed E-state index contributed by atoms with van der Waals surface area (Å²) in [7, 11) is 1.61. The molecule has 0 bridgehead atoms. The van der Waals surface area contributed by atoms with Gasteiger partial charge in [-0.05, 0) is 47.0 Å². The van der Waals surface area contributed by atoms with Crippen molar-refractivity contribution in [3.8, 4) is 5.75 Å². The topological polar surface area (TPSA) is 67.8 Å². The molecule has 0 fully saturated rings. The summed E-state index contributed by atoms with van der Waals surface area (Å²) < 4.78 is 10.8. The number of carbonyl (C=O) groups is 1. The van der Waals surface area contributed by atoms with Crippen molar-refractivity contribution in [3.05, 3.63) is 77.9 Å². The number of nitrogens with one attached hydrogen (secondary N) is 1. The summed E-state index contributed by atoms with van der Waals surface area (Å²) in [5.41, 5.74) is 1.69. The van der Waals surface area contributed by atoms with E-state index in [-0.39, 0.29) is 12.5 Å². The fourth-order valence-electron chi connectivity index (χ4n) is 2.93. The number of fused-ring (bicyclic) bond motifs is 1. The second kappa shape index (κ2) is 9.35. The van der Waals surface area contributed by atoms with Crippen LogP contribution in [0, 0.1) is 0 Å². The van der Waals surface area contributed by atoms with Crippen LogP contribution in [0.2, 0.25) is 0 Å². The molecule has 0 radical (unpaired) electrons. The molecule has 5 nitrogen and oxygen atoms in total. The van der Waals surface area contributed by atoms with Gasteiger partial charge in [-0.25, -0.2) is 0 Å². The lowest BCUT2D eigenvalue weighted by molar-refractivity contribution is -0.132. The van der Waals surface area contributed by atoms with Crippen LogP contribution < -0.4 is 10.1 Å². The van der Waals surface area contributed by atoms with Gasteiger partial charge in [-0.15, -0.1) is 0 Å². The van der Waals surface area contributed by atoms with Gasteiger partial charge in [0.1, 0.15) is 11.9 Å². The van der Waals surface area contributed by atoms with Gasteiger partial charge in [-0.2, -0.15) is 0 Å². The van der Waals surface area contributed by atoms with Crippen LogP contribution in [-0.2, 0) is 16.1 Å². The number of aliphatic hydroxyl groups excluding tert-OH is 1. The first-order valence-electron chi connectivity index (χ1n) is 9.26. The van der Waals surface area contributed by atoms with Gasteiger partial charge in [0.25, 0.3) is 0 Å². The maximum Gasteiger partial charge on any atom is 0.248 e. The van der Waals surface area contributed by atoms with Crippen molar-refractivity contribution in [3.63, 3.8) is 0 Å². The second-order valence-electron chi connectivity index (χ2n) is 6.67. The number of hydrogen-bond acceptors (Lipinski definition) is 4. The number of carbonyl (C=O) groups excluding carboxylic acids is 1. The number of amides is 1. The molecule has 0 aliphatic carbocycles. The first-order valence-corrected chi connectivity index (χ1v) is 9.26. The summed E-state index contributed by atoms with van der Waals surface area (Å²) in [6.45, 7) is 2.13. The molecule has 3 rings (SSSR count). The average molecular weight is 379 g/mol. The first kappa shape index (κ1) is 19.9. The zero-order valence-electron chi connectivity index (χ0n) is 16.1. The highest BCUT2D eigenvalue weighted by Gasteiger charge is 2.16. The van der Waals surface area contributed by atoms with Gasteiger partial charge in [-0.3, -0.25) is 4.79 Å². The zero-order valence-corrected chi connectivity index (χ0v) is 16.1. The van der Waals surface area contributed by atoms with Crippen LogP contribution in [0.3, 0.4) is 0 Å². The van der Waals surface area contributed by atoms with E-state index < -0.39 is 12.2 Å². The van der Waals surface area contributed by atoms with Crippen LogP contribution in [0.4, 0.5) is 0 Å². The van der Waals surface area contributed by atoms with Gasteiger partial charge in [-0.1, -0.05) is 48.5 Å². The van der Waals surface area contributed by atoms with Crippen molar-refractivity contribution in [1.29, 1.82) is 0 Å². The normalized spacial score (nSPS) is 13.1. The lowest BCUT2D eigenvalue weighted by Gasteiger charge is -2.17. The number of methoxy groups -OCH3 is 1. The van der Waals surface area contributed by atoms with Gasteiger partial charge in [0, 0.05) is 6.54 Å². The van der Waals surface area contributed by atoms with Crippen molar-refractivity contribution in [1.82, 2.24) is 5.32 Å². The molecule has 0 heterocycles. The minimum atomic E-state index is -0.779. The second-order valence-corrected chi connectivity index (χ2v) is 6.67. The predicted octanol–water partition coefficient (Wildman–Crippen LogP) is 3.60. The summed E-state index contributed by atoms with van der Waals surface area (Å²) in [5, 5.41) is 15.3. The van der Waals surface area contributed by atoms with Crippen LogP contribution in [0.5, 0.6) is 5.75 Å². The van der Waals surface area contributed by atoms with Crippen molar-refractivity contribution in [2.24, 2.45) is 0 Å². The van der Waals surface area contributed by atoms with Gasteiger partial charge < -0.3 is 19.9 Å². The zero-order chi connectivity index (χ0) is 19.9. The molecular weight excluding hydrogens is 354 g/mol. The number of aliphatic hydroxyl groups is 1. The summed E-state index contributed by atoms with van der Waals surface area (Å²) in [4.78, 5) is 12.3. The average Bonchev–Trinajstić information content (AvgIpc) is 2.75. The highest BCUT2D eigenvalue weighted by atomic mass is 16.5. The summed E-state index contributed by atoms with van der Waals surface area (Å²) >= 11 is 0. The summed E-state index contributed by atoms with van der Waals surface area (Å²) in [6, 6.07) is 21.3. The Morgan fingerprint density at radius 3 is 2.61 bits per heavy atom. The Labute approximate surface area is 164 Å². The standard InChI is InChI=1S/C23H25NO4/c1-16(28-15-17-6-5-9-21(12-17)27-2)23(26)24-14-22(25)20-11-10-18-7-3-4-8-19(18)13-20/h3-13,16,22,25H,14-15H2,1-2H3,(H,24,26). The Hall–Kier alpha value is -2.89. The molecule has 0 spiro atoms. The van der Waals surface area contributed by atoms with E-state index in [1.165, 1.54) is 0 Å². The monoisotopic (exact) mass is 379 g/mol. The fraction of sp³-hybridized carbons (Fsp3) is 0.261. The quantitative estimate of drug-likeness (QED) is 0.627. The molecule has 0 aliphatic rings. The Kier molecular flexibility index (Phi) is 6.63. The Bertz CT molecular complexity index is 941. The minimum absolute atomic E-state index is 0.129. The molecule has 0 aromatic heterocycles. The van der Waals surface area contributed by atoms with Crippen molar-refractivity contribution < 1.29 is 19.4 Å². The molecule has 28 heavy (non-hydrogen) atoms. The highest BCUT2D eigenvalue weighted by Crippen LogP contribution is 2.20. The van der Waals surface area contributed by atoms with E-state index in [0.717, 1.165) is 27.6 Å². The third kappa shape index (κ3) is 5.09. The van der Waals surface area contributed by atoms with Crippen molar-refractivity contribution >= 4 is 16.7 Å². The Morgan fingerprint density at radius 1 is 1.04 bits per heavy atom. The molecule has 1 amide bonds. The lowest BCUT2D eigenvalue weighted by Crippen LogP contribution is -2.36. The highest BCUT2D eigenvalue weighted by molar-refractivity contribution is 5.83. The van der Waals surface area contributed by atoms with E-state index in [2.05, 4.69) is 5.32 Å². The van der Waals surface area contributed by atoms with Crippen LogP contribution >= 0.6 is 0 Å². The van der Waals surface area contributed by atoms with Gasteiger partial charge in [0.15, 0.2) is 0 Å². The van der Waals surface area contributed by atoms with Crippen molar-refractivity contribution in [2.45, 2.75) is 25.7 Å². The molecule has 2 unspecified atom stereocenters. The molecule has 2 N–H and O–H groups in total. The molecule has 0 aliphatic heterocycles. The minimum Gasteiger partial charge on any atom is -0.497 e. The number of ether oxygens (including phenoxy) is 2. The molecule has 0 saturated carbocycles. The molecule has 2 atom stereocenters. The lowest BCUT2D eigenvalue weighted by atomic mass is 10.0. The van der Waals surface area contributed by atoms with Crippen LogP contribution in [-0.4, -0.2) is 30.8 Å². The van der Waals surface area contributed by atoms with E-state index in [4.69, 9.17) is 9.47 Å². The number of rotatable bonds is 8. The largest absolute Gasteiger partial charge is 0.497 e. The maximum atomic E-state index is 12.3. The third-order valence-electron chi connectivity index (χ3n) is 4.63. The third-order valence-corrected chi connectivity index (χ3v) is 4.63. The van der Waals surface area contributed by atoms with Crippen molar-refractivity contribution in [2.75, 3.05) is 13.7 Å². The maximum absolute atomic E-state index is 12.3. The fourth-order valence-corrected chi connectivity index (χ4v) is 2.93. The number of benzene rings is 3. The van der Waals surface area contributed by atoms with E-state index in [1.807, 2.05) is 66.7 Å². The Morgan fingerprint density at radius 2 is 1.82 bits per heavy atom. The van der Waals surface area contributed by atoms with Gasteiger partial charge >= 0.3 is 0 Å². The van der Waals surface area contributed by atoms with Crippen LogP contribution in [0.15, 0.2) is 66.7 Å². The van der Waals surface area contributed by atoms with Gasteiger partial charge in [0.2, 0.25) is 5.91 Å². The molecule has 146 valence electrons. The van der Waals surface area contributed by atoms with E-state index in [0.29, 0.717) is 6.61 Å². The predicted molar refractivity (Wildman–Crippen MR) is 109 cm³/mol. The molecular formula is C23H25NO4. The Balaban J connectivity index is 1.50. The summed E-state index contributed by atoms with van der Waals surface area (Å²) in [6.07, 6.45) is -1.41. The molecule has 0 saturated heterocycles. The van der Waals surface area contributed by atoms with E-state index >= 15 is 0 Å². The number of hydrogen-bond donors (Lipinski definition) is 2. The smallest absolute Gasteiger partial charge is 0.248 e. The SMILES string of the molecule is COc1cccc(COC(C)C(=O)NCC(O)c2ccc3ccccc3c2)c1. The molecule has 5 heteroatoms. The van der Waals surface area contributed by atoms with E-state index in [1.54, 1.807) is 14.0 Å². The first-order chi connectivity index (χ1) is 13.6. The molecule has 3 aromatic carbocycles. The van der Waals surface area contributed by atoms with E-state index in [9.17, 15) is 9.90 Å². The van der Waals surface area contributed by atoms with Crippen LogP contribution in [0.1, 0.15) is 24.2 Å². The summed E-state index contributed by atoms with van der Waals surface area (Å²) in [5.74, 6) is 0.486.